The summed E-state index contributed by atoms with van der Waals surface area (Å²) in [5, 5.41) is 2.77. The maximum absolute atomic E-state index is 14.0. The van der Waals surface area contributed by atoms with Crippen molar-refractivity contribution in [3.05, 3.63) is 35.6 Å². The van der Waals surface area contributed by atoms with Crippen LogP contribution in [0.2, 0.25) is 0 Å². The Hall–Kier alpha value is -1.91. The topological polar surface area (TPSA) is 49.4 Å². The van der Waals surface area contributed by atoms with Gasteiger partial charge in [-0.1, -0.05) is 25.1 Å². The van der Waals surface area contributed by atoms with Gasteiger partial charge >= 0.3 is 0 Å². The van der Waals surface area contributed by atoms with Crippen LogP contribution in [0, 0.1) is 5.82 Å². The van der Waals surface area contributed by atoms with Gasteiger partial charge < -0.3 is 10.2 Å². The van der Waals surface area contributed by atoms with Crippen LogP contribution in [0.5, 0.6) is 0 Å². The summed E-state index contributed by atoms with van der Waals surface area (Å²) in [5.41, 5.74) is -0.505. The molecule has 0 bridgehead atoms. The van der Waals surface area contributed by atoms with E-state index >= 15 is 0 Å². The van der Waals surface area contributed by atoms with E-state index in [-0.39, 0.29) is 17.6 Å². The van der Waals surface area contributed by atoms with Gasteiger partial charge in [-0.05, 0) is 33.3 Å². The molecular weight excluding hydrogens is 271 g/mol. The minimum absolute atomic E-state index is 0.173. The van der Waals surface area contributed by atoms with Crippen molar-refractivity contribution in [3.63, 3.8) is 0 Å². The van der Waals surface area contributed by atoms with Crippen molar-refractivity contribution < 1.29 is 14.0 Å². The second-order valence-electron chi connectivity index (χ2n) is 5.76. The standard InChI is InChI=1S/C16H21FN2O2/c1-5-16(4)15(21)19(11(3)14(20)18-16)10(2)12-8-6-7-9-13(12)17/h6-11H,5H2,1-4H3,(H,18,20). The molecule has 1 aromatic rings. The molecule has 0 aromatic heterocycles. The molecule has 1 saturated heterocycles. The zero-order chi connectivity index (χ0) is 15.8. The smallest absolute Gasteiger partial charge is 0.249 e. The van der Waals surface area contributed by atoms with Crippen molar-refractivity contribution in [1.82, 2.24) is 10.2 Å². The minimum Gasteiger partial charge on any atom is -0.340 e. The molecule has 0 radical (unpaired) electrons. The van der Waals surface area contributed by atoms with Crippen molar-refractivity contribution in [1.29, 1.82) is 0 Å². The van der Waals surface area contributed by atoms with Gasteiger partial charge in [0.25, 0.3) is 0 Å². The Kier molecular flexibility index (Phi) is 4.03. The first kappa shape index (κ1) is 15.5. The maximum Gasteiger partial charge on any atom is 0.249 e. The van der Waals surface area contributed by atoms with Gasteiger partial charge in [0, 0.05) is 5.56 Å². The number of hydrogen-bond acceptors (Lipinski definition) is 2. The molecule has 4 nitrogen and oxygen atoms in total. The number of carbonyl (C=O) groups is 2. The quantitative estimate of drug-likeness (QED) is 0.930. The number of benzene rings is 1. The van der Waals surface area contributed by atoms with Gasteiger partial charge in [-0.3, -0.25) is 9.59 Å². The lowest BCUT2D eigenvalue weighted by Gasteiger charge is -2.45. The van der Waals surface area contributed by atoms with Crippen LogP contribution in [-0.2, 0) is 9.59 Å². The van der Waals surface area contributed by atoms with Crippen molar-refractivity contribution in [2.75, 3.05) is 0 Å². The number of nitrogens with one attached hydrogen (secondary N) is 1. The first-order chi connectivity index (χ1) is 9.81. The van der Waals surface area contributed by atoms with Crippen molar-refractivity contribution in [2.45, 2.75) is 51.7 Å². The van der Waals surface area contributed by atoms with Crippen LogP contribution < -0.4 is 5.32 Å². The third kappa shape index (κ3) is 2.52. The highest BCUT2D eigenvalue weighted by molar-refractivity contribution is 5.99. The highest BCUT2D eigenvalue weighted by Gasteiger charge is 2.47. The van der Waals surface area contributed by atoms with Crippen molar-refractivity contribution in [3.8, 4) is 0 Å². The molecule has 1 aliphatic heterocycles. The fraction of sp³-hybridized carbons (Fsp3) is 0.500. The number of rotatable bonds is 3. The summed E-state index contributed by atoms with van der Waals surface area (Å²) in [6.45, 7) is 6.97. The fourth-order valence-corrected chi connectivity index (χ4v) is 2.73. The summed E-state index contributed by atoms with van der Waals surface area (Å²) in [4.78, 5) is 26.4. The molecule has 1 N–H and O–H groups in total. The second kappa shape index (κ2) is 5.47. The van der Waals surface area contributed by atoms with Crippen LogP contribution in [0.4, 0.5) is 4.39 Å². The number of carbonyl (C=O) groups excluding carboxylic acids is 2. The zero-order valence-electron chi connectivity index (χ0n) is 12.8. The first-order valence-electron chi connectivity index (χ1n) is 7.21. The SMILES string of the molecule is CCC1(C)NC(=O)C(C)N(C(C)c2ccccc2F)C1=O. The molecule has 0 aliphatic carbocycles. The van der Waals surface area contributed by atoms with Crippen LogP contribution >= 0.6 is 0 Å². The average molecular weight is 292 g/mol. The Balaban J connectivity index is 2.42. The van der Waals surface area contributed by atoms with Gasteiger partial charge in [0.1, 0.15) is 17.4 Å². The van der Waals surface area contributed by atoms with Crippen molar-refractivity contribution >= 4 is 11.8 Å². The Morgan fingerprint density at radius 2 is 2.00 bits per heavy atom. The van der Waals surface area contributed by atoms with Gasteiger partial charge in [-0.2, -0.15) is 0 Å². The van der Waals surface area contributed by atoms with Gasteiger partial charge in [-0.15, -0.1) is 0 Å². The molecule has 0 saturated carbocycles. The molecule has 3 atom stereocenters. The van der Waals surface area contributed by atoms with Crippen LogP contribution in [-0.4, -0.2) is 28.3 Å². The van der Waals surface area contributed by atoms with E-state index in [2.05, 4.69) is 5.32 Å². The molecule has 1 aromatic carbocycles. The van der Waals surface area contributed by atoms with Crippen LogP contribution in [0.3, 0.4) is 0 Å². The van der Waals surface area contributed by atoms with Crippen molar-refractivity contribution in [2.24, 2.45) is 0 Å². The van der Waals surface area contributed by atoms with E-state index < -0.39 is 17.6 Å². The molecule has 1 aliphatic rings. The van der Waals surface area contributed by atoms with E-state index in [1.807, 2.05) is 6.92 Å². The number of nitrogens with zero attached hydrogens (tertiary/aromatic N) is 1. The van der Waals surface area contributed by atoms with Crippen LogP contribution in [0.15, 0.2) is 24.3 Å². The number of piperazine rings is 1. The summed E-state index contributed by atoms with van der Waals surface area (Å²) < 4.78 is 14.0. The molecule has 1 heterocycles. The third-order valence-corrected chi connectivity index (χ3v) is 4.38. The molecule has 114 valence electrons. The summed E-state index contributed by atoms with van der Waals surface area (Å²) in [7, 11) is 0. The summed E-state index contributed by atoms with van der Waals surface area (Å²) >= 11 is 0. The van der Waals surface area contributed by atoms with E-state index in [4.69, 9.17) is 0 Å². The minimum atomic E-state index is -0.927. The molecule has 2 rings (SSSR count). The van der Waals surface area contributed by atoms with Crippen LogP contribution in [0.1, 0.15) is 45.7 Å². The molecule has 3 unspecified atom stereocenters. The Morgan fingerprint density at radius 1 is 1.38 bits per heavy atom. The molecule has 2 amide bonds. The summed E-state index contributed by atoms with van der Waals surface area (Å²) in [6.07, 6.45) is 0.491. The average Bonchev–Trinajstić information content (AvgIpc) is 2.46. The molecule has 1 fully saturated rings. The monoisotopic (exact) mass is 292 g/mol. The van der Waals surface area contributed by atoms with Gasteiger partial charge in [0.15, 0.2) is 0 Å². The predicted molar refractivity (Wildman–Crippen MR) is 78.0 cm³/mol. The maximum atomic E-state index is 14.0. The summed E-state index contributed by atoms with van der Waals surface area (Å²) in [6, 6.07) is 5.24. The second-order valence-corrected chi connectivity index (χ2v) is 5.76. The molecule has 0 spiro atoms. The number of hydrogen-bond donors (Lipinski definition) is 1. The third-order valence-electron chi connectivity index (χ3n) is 4.38. The van der Waals surface area contributed by atoms with E-state index in [0.29, 0.717) is 12.0 Å². The lowest BCUT2D eigenvalue weighted by molar-refractivity contribution is -0.156. The van der Waals surface area contributed by atoms with Gasteiger partial charge in [0.05, 0.1) is 6.04 Å². The number of amides is 2. The molecular formula is C16H21FN2O2. The Bertz CT molecular complexity index is 575. The Morgan fingerprint density at radius 3 is 2.57 bits per heavy atom. The highest BCUT2D eigenvalue weighted by atomic mass is 19.1. The highest BCUT2D eigenvalue weighted by Crippen LogP contribution is 2.31. The van der Waals surface area contributed by atoms with E-state index in [9.17, 15) is 14.0 Å². The normalized spacial score (nSPS) is 27.5. The Labute approximate surface area is 124 Å². The van der Waals surface area contributed by atoms with E-state index in [1.165, 1.54) is 11.0 Å². The predicted octanol–water partition coefficient (Wildman–Crippen LogP) is 2.40. The fourth-order valence-electron chi connectivity index (χ4n) is 2.73. The van der Waals surface area contributed by atoms with E-state index in [1.54, 1.807) is 39.0 Å². The largest absolute Gasteiger partial charge is 0.340 e. The summed E-state index contributed by atoms with van der Waals surface area (Å²) in [5.74, 6) is -0.746. The van der Waals surface area contributed by atoms with Gasteiger partial charge in [-0.25, -0.2) is 4.39 Å². The van der Waals surface area contributed by atoms with Crippen LogP contribution in [0.25, 0.3) is 0 Å². The zero-order valence-corrected chi connectivity index (χ0v) is 12.8. The molecule has 5 heteroatoms. The lowest BCUT2D eigenvalue weighted by atomic mass is 9.90. The van der Waals surface area contributed by atoms with E-state index in [0.717, 1.165) is 0 Å². The lowest BCUT2D eigenvalue weighted by Crippen LogP contribution is -2.68. The van der Waals surface area contributed by atoms with Gasteiger partial charge in [0.2, 0.25) is 11.8 Å². The molecule has 21 heavy (non-hydrogen) atoms. The number of halogens is 1. The first-order valence-corrected chi connectivity index (χ1v) is 7.21.